The Morgan fingerprint density at radius 1 is 1.15 bits per heavy atom. The maximum absolute atomic E-state index is 4.59. The van der Waals surface area contributed by atoms with E-state index in [9.17, 15) is 0 Å². The number of aromatic amines is 1. The van der Waals surface area contributed by atoms with Crippen molar-refractivity contribution in [2.24, 2.45) is 5.92 Å². The summed E-state index contributed by atoms with van der Waals surface area (Å²) >= 11 is 0. The van der Waals surface area contributed by atoms with E-state index in [1.165, 1.54) is 36.9 Å². The topological polar surface area (TPSA) is 60.9 Å². The Morgan fingerprint density at radius 3 is 3.04 bits per heavy atom. The molecule has 0 aliphatic carbocycles. The van der Waals surface area contributed by atoms with Crippen LogP contribution in [0.3, 0.4) is 0 Å². The van der Waals surface area contributed by atoms with Crippen LogP contribution >= 0.6 is 0 Å². The van der Waals surface area contributed by atoms with E-state index < -0.39 is 0 Å². The Bertz CT molecular complexity index is 935. The summed E-state index contributed by atoms with van der Waals surface area (Å²) in [4.78, 5) is 21.5. The van der Waals surface area contributed by atoms with Crippen molar-refractivity contribution < 1.29 is 0 Å². The molecular formula is C21H26N6. The largest absolute Gasteiger partial charge is 0.353 e. The van der Waals surface area contributed by atoms with E-state index in [1.54, 1.807) is 12.7 Å². The molecule has 1 aromatic carbocycles. The minimum Gasteiger partial charge on any atom is -0.353 e. The molecule has 0 radical (unpaired) electrons. The van der Waals surface area contributed by atoms with E-state index in [0.29, 0.717) is 12.0 Å². The van der Waals surface area contributed by atoms with Crippen LogP contribution in [-0.2, 0) is 6.54 Å². The Labute approximate surface area is 159 Å². The van der Waals surface area contributed by atoms with Crippen molar-refractivity contribution in [2.45, 2.75) is 38.8 Å². The average Bonchev–Trinajstić information content (AvgIpc) is 3.27. The molecule has 2 aliphatic rings. The molecule has 5 rings (SSSR count). The summed E-state index contributed by atoms with van der Waals surface area (Å²) in [7, 11) is 0. The summed E-state index contributed by atoms with van der Waals surface area (Å²) in [5, 5.41) is 0. The molecule has 2 atom stereocenters. The Kier molecular flexibility index (Phi) is 4.28. The van der Waals surface area contributed by atoms with Crippen LogP contribution in [-0.4, -0.2) is 50.5 Å². The predicted molar refractivity (Wildman–Crippen MR) is 107 cm³/mol. The average molecular weight is 362 g/mol. The normalized spacial score (nSPS) is 23.5. The number of aromatic nitrogens is 4. The van der Waals surface area contributed by atoms with Crippen molar-refractivity contribution in [3.05, 3.63) is 48.0 Å². The molecule has 0 spiro atoms. The molecule has 6 nitrogen and oxygen atoms in total. The third-order valence-electron chi connectivity index (χ3n) is 6.12. The van der Waals surface area contributed by atoms with E-state index in [0.717, 1.165) is 36.6 Å². The lowest BCUT2D eigenvalue weighted by atomic mass is 9.98. The lowest BCUT2D eigenvalue weighted by Crippen LogP contribution is -2.39. The highest BCUT2D eigenvalue weighted by atomic mass is 15.3. The second-order valence-corrected chi connectivity index (χ2v) is 7.99. The lowest BCUT2D eigenvalue weighted by molar-refractivity contribution is 0.179. The zero-order valence-corrected chi connectivity index (χ0v) is 15.8. The number of rotatable bonds is 3. The molecule has 27 heavy (non-hydrogen) atoms. The summed E-state index contributed by atoms with van der Waals surface area (Å²) < 4.78 is 0. The first-order valence-electron chi connectivity index (χ1n) is 9.96. The fourth-order valence-corrected chi connectivity index (χ4v) is 4.84. The summed E-state index contributed by atoms with van der Waals surface area (Å²) in [5.74, 6) is 1.70. The van der Waals surface area contributed by atoms with E-state index >= 15 is 0 Å². The third kappa shape index (κ3) is 3.18. The number of hydrogen-bond acceptors (Lipinski definition) is 5. The molecule has 2 aromatic heterocycles. The van der Waals surface area contributed by atoms with E-state index in [4.69, 9.17) is 0 Å². The molecule has 1 N–H and O–H groups in total. The fourth-order valence-electron chi connectivity index (χ4n) is 4.84. The summed E-state index contributed by atoms with van der Waals surface area (Å²) in [6.45, 7) is 6.50. The lowest BCUT2D eigenvalue weighted by Gasteiger charge is -2.30. The molecule has 2 aliphatic heterocycles. The number of likely N-dealkylation sites (tertiary alicyclic amines) is 1. The van der Waals surface area contributed by atoms with Gasteiger partial charge in [0.2, 0.25) is 0 Å². The second kappa shape index (κ2) is 6.93. The molecule has 4 heterocycles. The van der Waals surface area contributed by atoms with Gasteiger partial charge in [0.05, 0.1) is 6.33 Å². The summed E-state index contributed by atoms with van der Waals surface area (Å²) in [5.41, 5.74) is 4.48. The van der Waals surface area contributed by atoms with E-state index in [1.807, 2.05) is 0 Å². The van der Waals surface area contributed by atoms with E-state index in [-0.39, 0.29) is 0 Å². The highest BCUT2D eigenvalue weighted by Gasteiger charge is 2.38. The number of nitrogens with zero attached hydrogens (tertiary/aromatic N) is 5. The van der Waals surface area contributed by atoms with Crippen LogP contribution in [0.15, 0.2) is 36.9 Å². The fraction of sp³-hybridized carbons (Fsp3) is 0.476. The Hall–Kier alpha value is -2.47. The maximum atomic E-state index is 4.59. The van der Waals surface area contributed by atoms with Crippen molar-refractivity contribution >= 4 is 17.0 Å². The standard InChI is InChI=1S/C21H26N6/c1-15-5-4-6-16(9-15)10-26-8-3-2-7-17-11-27(12-18(17)26)21-19-20(23-13-22-19)24-14-25-21/h4-6,9,13-14,17-18H,2-3,7-8,10-12H2,1H3,(H,22,23,24,25)/t17-,18+/m0/s1. The number of benzene rings is 1. The molecule has 2 saturated heterocycles. The van der Waals surface area contributed by atoms with Gasteiger partial charge in [0, 0.05) is 25.7 Å². The first kappa shape index (κ1) is 16.7. The maximum Gasteiger partial charge on any atom is 0.182 e. The highest BCUT2D eigenvalue weighted by molar-refractivity contribution is 5.82. The van der Waals surface area contributed by atoms with Crippen LogP contribution in [0.1, 0.15) is 30.4 Å². The minimum atomic E-state index is 0.584. The van der Waals surface area contributed by atoms with Crippen LogP contribution in [0.5, 0.6) is 0 Å². The van der Waals surface area contributed by atoms with Crippen LogP contribution < -0.4 is 4.90 Å². The van der Waals surface area contributed by atoms with Gasteiger partial charge in [0.25, 0.3) is 0 Å². The van der Waals surface area contributed by atoms with Crippen molar-refractivity contribution in [1.82, 2.24) is 24.8 Å². The smallest absolute Gasteiger partial charge is 0.182 e. The monoisotopic (exact) mass is 362 g/mol. The molecule has 3 aromatic rings. The quantitative estimate of drug-likeness (QED) is 0.775. The van der Waals surface area contributed by atoms with Gasteiger partial charge in [-0.3, -0.25) is 4.90 Å². The summed E-state index contributed by atoms with van der Waals surface area (Å²) in [6, 6.07) is 9.53. The van der Waals surface area contributed by atoms with Gasteiger partial charge < -0.3 is 9.88 Å². The summed E-state index contributed by atoms with van der Waals surface area (Å²) in [6.07, 6.45) is 7.28. The molecule has 0 bridgehead atoms. The van der Waals surface area contributed by atoms with Gasteiger partial charge in [0.15, 0.2) is 11.5 Å². The van der Waals surface area contributed by atoms with Gasteiger partial charge in [-0.25, -0.2) is 15.0 Å². The van der Waals surface area contributed by atoms with Gasteiger partial charge in [-0.1, -0.05) is 36.2 Å². The molecule has 0 unspecified atom stereocenters. The SMILES string of the molecule is Cc1cccc(CN2CCCC[C@H]3CN(c4ncnc5nc[nH]c45)C[C@H]32)c1. The van der Waals surface area contributed by atoms with Crippen molar-refractivity contribution in [3.63, 3.8) is 0 Å². The van der Waals surface area contributed by atoms with Gasteiger partial charge in [-0.15, -0.1) is 0 Å². The second-order valence-electron chi connectivity index (χ2n) is 7.99. The van der Waals surface area contributed by atoms with Crippen molar-refractivity contribution in [3.8, 4) is 0 Å². The Balaban J connectivity index is 1.41. The predicted octanol–water partition coefficient (Wildman–Crippen LogP) is 3.15. The number of nitrogens with one attached hydrogen (secondary N) is 1. The van der Waals surface area contributed by atoms with Crippen LogP contribution in [0.2, 0.25) is 0 Å². The number of aryl methyl sites for hydroxylation is 1. The van der Waals surface area contributed by atoms with Crippen LogP contribution in [0.4, 0.5) is 5.82 Å². The number of anilines is 1. The molecular weight excluding hydrogens is 336 g/mol. The number of imidazole rings is 1. The highest BCUT2D eigenvalue weighted by Crippen LogP contribution is 2.34. The van der Waals surface area contributed by atoms with Gasteiger partial charge in [0.1, 0.15) is 11.8 Å². The first-order chi connectivity index (χ1) is 13.3. The van der Waals surface area contributed by atoms with Crippen molar-refractivity contribution in [1.29, 1.82) is 0 Å². The molecule has 140 valence electrons. The minimum absolute atomic E-state index is 0.584. The number of fused-ring (bicyclic) bond motifs is 2. The van der Waals surface area contributed by atoms with Crippen molar-refractivity contribution in [2.75, 3.05) is 24.5 Å². The zero-order valence-electron chi connectivity index (χ0n) is 15.8. The number of hydrogen-bond donors (Lipinski definition) is 1. The molecule has 2 fully saturated rings. The van der Waals surface area contributed by atoms with Crippen LogP contribution in [0, 0.1) is 12.8 Å². The zero-order chi connectivity index (χ0) is 18.2. The first-order valence-corrected chi connectivity index (χ1v) is 9.96. The van der Waals surface area contributed by atoms with Gasteiger partial charge in [-0.05, 0) is 37.8 Å². The van der Waals surface area contributed by atoms with Crippen LogP contribution in [0.25, 0.3) is 11.2 Å². The van der Waals surface area contributed by atoms with Gasteiger partial charge >= 0.3 is 0 Å². The Morgan fingerprint density at radius 2 is 2.11 bits per heavy atom. The van der Waals surface area contributed by atoms with E-state index in [2.05, 4.69) is 60.9 Å². The molecule has 0 saturated carbocycles. The molecule has 6 heteroatoms. The molecule has 0 amide bonds. The number of H-pyrrole nitrogens is 1. The van der Waals surface area contributed by atoms with Gasteiger partial charge in [-0.2, -0.15) is 0 Å². The third-order valence-corrected chi connectivity index (χ3v) is 6.12.